The molecule has 1 amide bonds. The van der Waals surface area contributed by atoms with Gasteiger partial charge < -0.3 is 4.74 Å². The first kappa shape index (κ1) is 21.3. The fourth-order valence-electron chi connectivity index (χ4n) is 3.26. The standard InChI is InChI=1S/C21H22N2O4S3/c1-30(25,26)17-9-10-18-19(12-17)29-21(22-18)23(13-15-6-5-11-27-15)20(24)14-28-16-7-3-2-4-8-16/h2-4,7-10,12,15H,5-6,11,13-14H2,1H3. The van der Waals surface area contributed by atoms with Crippen LogP contribution in [0.25, 0.3) is 10.2 Å². The highest BCUT2D eigenvalue weighted by Gasteiger charge is 2.26. The topological polar surface area (TPSA) is 76.6 Å². The van der Waals surface area contributed by atoms with Crippen LogP contribution in [0.3, 0.4) is 0 Å². The van der Waals surface area contributed by atoms with Crippen LogP contribution in [-0.4, -0.2) is 50.6 Å². The number of anilines is 1. The smallest absolute Gasteiger partial charge is 0.239 e. The van der Waals surface area contributed by atoms with Crippen LogP contribution >= 0.6 is 23.1 Å². The molecule has 2 aromatic carbocycles. The van der Waals surface area contributed by atoms with Gasteiger partial charge in [0.1, 0.15) is 0 Å². The van der Waals surface area contributed by atoms with E-state index in [0.29, 0.717) is 29.6 Å². The average molecular weight is 463 g/mol. The van der Waals surface area contributed by atoms with E-state index in [0.717, 1.165) is 22.4 Å². The van der Waals surface area contributed by atoms with Gasteiger partial charge in [-0.05, 0) is 43.2 Å². The summed E-state index contributed by atoms with van der Waals surface area (Å²) in [5.41, 5.74) is 0.684. The van der Waals surface area contributed by atoms with E-state index in [9.17, 15) is 13.2 Å². The van der Waals surface area contributed by atoms with E-state index < -0.39 is 9.84 Å². The molecule has 6 nitrogen and oxygen atoms in total. The van der Waals surface area contributed by atoms with Gasteiger partial charge in [0.25, 0.3) is 0 Å². The predicted molar refractivity (Wildman–Crippen MR) is 121 cm³/mol. The summed E-state index contributed by atoms with van der Waals surface area (Å²) in [5, 5.41) is 0.574. The number of aromatic nitrogens is 1. The summed E-state index contributed by atoms with van der Waals surface area (Å²) in [6, 6.07) is 14.7. The maximum Gasteiger partial charge on any atom is 0.239 e. The van der Waals surface area contributed by atoms with Crippen LogP contribution in [0, 0.1) is 0 Å². The molecule has 0 radical (unpaired) electrons. The van der Waals surface area contributed by atoms with Gasteiger partial charge in [-0.1, -0.05) is 29.5 Å². The lowest BCUT2D eigenvalue weighted by molar-refractivity contribution is -0.116. The van der Waals surface area contributed by atoms with Crippen molar-refractivity contribution in [3.63, 3.8) is 0 Å². The lowest BCUT2D eigenvalue weighted by Crippen LogP contribution is -2.38. The summed E-state index contributed by atoms with van der Waals surface area (Å²) in [7, 11) is -3.30. The number of carbonyl (C=O) groups excluding carboxylic acids is 1. The molecule has 0 saturated carbocycles. The Morgan fingerprint density at radius 2 is 2.07 bits per heavy atom. The number of thiazole rings is 1. The molecule has 1 unspecified atom stereocenters. The van der Waals surface area contributed by atoms with Gasteiger partial charge in [0.2, 0.25) is 5.91 Å². The van der Waals surface area contributed by atoms with Crippen LogP contribution in [0.5, 0.6) is 0 Å². The summed E-state index contributed by atoms with van der Waals surface area (Å²) in [6.07, 6.45) is 3.08. The molecule has 30 heavy (non-hydrogen) atoms. The number of carbonyl (C=O) groups is 1. The van der Waals surface area contributed by atoms with E-state index in [1.807, 2.05) is 30.3 Å². The Morgan fingerprint density at radius 3 is 2.77 bits per heavy atom. The number of benzene rings is 2. The van der Waals surface area contributed by atoms with Crippen molar-refractivity contribution in [2.24, 2.45) is 0 Å². The third kappa shape index (κ3) is 5.03. The lowest BCUT2D eigenvalue weighted by Gasteiger charge is -2.23. The molecule has 0 spiro atoms. The molecule has 1 fully saturated rings. The van der Waals surface area contributed by atoms with Crippen molar-refractivity contribution in [1.82, 2.24) is 4.98 Å². The highest BCUT2D eigenvalue weighted by Crippen LogP contribution is 2.32. The van der Waals surface area contributed by atoms with Gasteiger partial charge in [0, 0.05) is 17.8 Å². The average Bonchev–Trinajstić information content (AvgIpc) is 3.39. The molecule has 1 aliphatic heterocycles. The maximum atomic E-state index is 13.1. The summed E-state index contributed by atoms with van der Waals surface area (Å²) < 4.78 is 30.2. The van der Waals surface area contributed by atoms with E-state index in [1.165, 1.54) is 29.4 Å². The van der Waals surface area contributed by atoms with E-state index in [-0.39, 0.29) is 16.9 Å². The van der Waals surface area contributed by atoms with Crippen molar-refractivity contribution in [2.45, 2.75) is 28.7 Å². The molecule has 3 aromatic rings. The number of sulfone groups is 1. The summed E-state index contributed by atoms with van der Waals surface area (Å²) in [5.74, 6) is 0.253. The zero-order valence-electron chi connectivity index (χ0n) is 16.5. The van der Waals surface area contributed by atoms with Gasteiger partial charge >= 0.3 is 0 Å². The molecule has 158 valence electrons. The highest BCUT2D eigenvalue weighted by molar-refractivity contribution is 8.00. The molecule has 1 aromatic heterocycles. The monoisotopic (exact) mass is 462 g/mol. The first-order valence-corrected chi connectivity index (χ1v) is 13.3. The molecule has 1 aliphatic rings. The van der Waals surface area contributed by atoms with Gasteiger partial charge in [-0.15, -0.1) is 11.8 Å². The molecule has 0 bridgehead atoms. The number of rotatable bonds is 7. The minimum absolute atomic E-state index is 0.00531. The van der Waals surface area contributed by atoms with Crippen LogP contribution in [0.1, 0.15) is 12.8 Å². The van der Waals surface area contributed by atoms with Gasteiger partial charge in [-0.2, -0.15) is 0 Å². The van der Waals surface area contributed by atoms with Gasteiger partial charge in [0.15, 0.2) is 15.0 Å². The third-order valence-corrected chi connectivity index (χ3v) is 7.97. The zero-order valence-corrected chi connectivity index (χ0v) is 18.9. The van der Waals surface area contributed by atoms with E-state index in [1.54, 1.807) is 23.1 Å². The fraction of sp³-hybridized carbons (Fsp3) is 0.333. The second-order valence-electron chi connectivity index (χ2n) is 7.14. The molecular weight excluding hydrogens is 440 g/mol. The molecule has 2 heterocycles. The Kier molecular flexibility index (Phi) is 6.43. The van der Waals surface area contributed by atoms with Crippen LogP contribution in [0.4, 0.5) is 5.13 Å². The van der Waals surface area contributed by atoms with E-state index in [2.05, 4.69) is 4.98 Å². The Labute approximate surface area is 184 Å². The Morgan fingerprint density at radius 1 is 1.27 bits per heavy atom. The fourth-order valence-corrected chi connectivity index (χ4v) is 5.81. The van der Waals surface area contributed by atoms with Crippen molar-refractivity contribution < 1.29 is 17.9 Å². The molecule has 1 atom stereocenters. The Balaban J connectivity index is 1.60. The largest absolute Gasteiger partial charge is 0.376 e. The van der Waals surface area contributed by atoms with Gasteiger partial charge in [0.05, 0.1) is 33.5 Å². The number of nitrogens with zero attached hydrogens (tertiary/aromatic N) is 2. The number of amides is 1. The van der Waals surface area contributed by atoms with Crippen LogP contribution < -0.4 is 4.90 Å². The third-order valence-electron chi connectivity index (χ3n) is 4.82. The first-order valence-electron chi connectivity index (χ1n) is 9.60. The number of hydrogen-bond donors (Lipinski definition) is 0. The van der Waals surface area contributed by atoms with Crippen LogP contribution in [0.15, 0.2) is 58.3 Å². The number of thioether (sulfide) groups is 1. The predicted octanol–water partition coefficient (Wildman–Crippen LogP) is 4.00. The SMILES string of the molecule is CS(=O)(=O)c1ccc2nc(N(CC3CCCO3)C(=O)CSc3ccccc3)sc2c1. The molecule has 0 aliphatic carbocycles. The van der Waals surface area contributed by atoms with Crippen molar-refractivity contribution in [3.05, 3.63) is 48.5 Å². The summed E-state index contributed by atoms with van der Waals surface area (Å²) >= 11 is 2.82. The minimum atomic E-state index is -3.30. The lowest BCUT2D eigenvalue weighted by atomic mass is 10.2. The number of ether oxygens (including phenoxy) is 1. The van der Waals surface area contributed by atoms with Crippen molar-refractivity contribution in [3.8, 4) is 0 Å². The number of fused-ring (bicyclic) bond motifs is 1. The second kappa shape index (κ2) is 9.05. The second-order valence-corrected chi connectivity index (χ2v) is 11.2. The minimum Gasteiger partial charge on any atom is -0.376 e. The number of hydrogen-bond acceptors (Lipinski definition) is 7. The summed E-state index contributed by atoms with van der Waals surface area (Å²) in [6.45, 7) is 1.16. The maximum absolute atomic E-state index is 13.1. The Hall–Kier alpha value is -1.94. The van der Waals surface area contributed by atoms with Crippen molar-refractivity contribution >= 4 is 54.2 Å². The van der Waals surface area contributed by atoms with Crippen molar-refractivity contribution in [2.75, 3.05) is 30.1 Å². The quantitative estimate of drug-likeness (QED) is 0.494. The zero-order chi connectivity index (χ0) is 21.1. The van der Waals surface area contributed by atoms with Gasteiger partial charge in [-0.3, -0.25) is 9.69 Å². The van der Waals surface area contributed by atoms with E-state index >= 15 is 0 Å². The highest BCUT2D eigenvalue weighted by atomic mass is 32.2. The van der Waals surface area contributed by atoms with Crippen molar-refractivity contribution in [1.29, 1.82) is 0 Å². The molecule has 4 rings (SSSR count). The Bertz CT molecular complexity index is 1140. The van der Waals surface area contributed by atoms with Crippen LogP contribution in [-0.2, 0) is 19.4 Å². The molecule has 0 N–H and O–H groups in total. The van der Waals surface area contributed by atoms with E-state index in [4.69, 9.17) is 4.74 Å². The molecule has 9 heteroatoms. The molecular formula is C21H22N2O4S3. The summed E-state index contributed by atoms with van der Waals surface area (Å²) in [4.78, 5) is 20.7. The normalized spacial score (nSPS) is 16.8. The van der Waals surface area contributed by atoms with Crippen LogP contribution in [0.2, 0.25) is 0 Å². The molecule has 1 saturated heterocycles. The first-order chi connectivity index (χ1) is 14.4. The van der Waals surface area contributed by atoms with Gasteiger partial charge in [-0.25, -0.2) is 13.4 Å².